The van der Waals surface area contributed by atoms with Crippen LogP contribution in [-0.4, -0.2) is 42.3 Å². The van der Waals surface area contributed by atoms with Crippen LogP contribution in [0.4, 0.5) is 0 Å². The molecule has 1 aromatic carbocycles. The Hall–Kier alpha value is -2.08. The van der Waals surface area contributed by atoms with E-state index in [1.54, 1.807) is 19.1 Å². The molecule has 0 amide bonds. The molecule has 1 atom stereocenters. The smallest absolute Gasteiger partial charge is 0.308 e. The predicted molar refractivity (Wildman–Crippen MR) is 75.6 cm³/mol. The van der Waals surface area contributed by atoms with Crippen LogP contribution in [0.5, 0.6) is 11.5 Å². The summed E-state index contributed by atoms with van der Waals surface area (Å²) in [4.78, 5) is 22.6. The Morgan fingerprint density at radius 2 is 2.05 bits per heavy atom. The standard InChI is InChI=1S/C15H20O6/c1-3-11(15(18)19)8-21-9-12(16)6-10-4-5-13(17)14(7-10)20-2/h4-5,7,11,17H,3,6,8-9H2,1-2H3,(H,18,19). The lowest BCUT2D eigenvalue weighted by Crippen LogP contribution is -2.21. The second kappa shape index (κ2) is 8.26. The Labute approximate surface area is 123 Å². The summed E-state index contributed by atoms with van der Waals surface area (Å²) < 4.78 is 10.1. The molecule has 0 spiro atoms. The number of hydrogen-bond donors (Lipinski definition) is 2. The summed E-state index contributed by atoms with van der Waals surface area (Å²) in [6, 6.07) is 4.67. The highest BCUT2D eigenvalue weighted by atomic mass is 16.5. The molecular weight excluding hydrogens is 276 g/mol. The number of ketones is 1. The van der Waals surface area contributed by atoms with Crippen LogP contribution in [0.25, 0.3) is 0 Å². The minimum atomic E-state index is -0.923. The van der Waals surface area contributed by atoms with Crippen LogP contribution in [0.3, 0.4) is 0 Å². The molecule has 0 bridgehead atoms. The summed E-state index contributed by atoms with van der Waals surface area (Å²) in [6.07, 6.45) is 0.596. The molecule has 0 aliphatic carbocycles. The number of phenols is 1. The van der Waals surface area contributed by atoms with Crippen LogP contribution in [0.2, 0.25) is 0 Å². The molecule has 0 aliphatic heterocycles. The number of methoxy groups -OCH3 is 1. The molecule has 6 heteroatoms. The Balaban J connectivity index is 2.45. The number of carboxylic acids is 1. The first-order valence-electron chi connectivity index (χ1n) is 6.66. The van der Waals surface area contributed by atoms with Gasteiger partial charge in [0.25, 0.3) is 0 Å². The Kier molecular flexibility index (Phi) is 6.68. The maximum absolute atomic E-state index is 11.8. The highest BCUT2D eigenvalue weighted by Crippen LogP contribution is 2.26. The van der Waals surface area contributed by atoms with Crippen molar-refractivity contribution in [2.24, 2.45) is 5.92 Å². The van der Waals surface area contributed by atoms with E-state index in [1.807, 2.05) is 0 Å². The third-order valence-electron chi connectivity index (χ3n) is 3.07. The SMILES string of the molecule is CCC(COCC(=O)Cc1ccc(O)c(OC)c1)C(=O)O. The molecule has 1 aromatic rings. The summed E-state index contributed by atoms with van der Waals surface area (Å²) in [5.74, 6) is -1.36. The van der Waals surface area contributed by atoms with Gasteiger partial charge in [-0.3, -0.25) is 9.59 Å². The van der Waals surface area contributed by atoms with Gasteiger partial charge in [-0.05, 0) is 24.1 Å². The molecule has 0 saturated heterocycles. The van der Waals surface area contributed by atoms with Gasteiger partial charge >= 0.3 is 5.97 Å². The zero-order valence-corrected chi connectivity index (χ0v) is 12.2. The summed E-state index contributed by atoms with van der Waals surface area (Å²) in [7, 11) is 1.43. The molecule has 0 aliphatic rings. The van der Waals surface area contributed by atoms with Crippen molar-refractivity contribution in [3.05, 3.63) is 23.8 Å². The van der Waals surface area contributed by atoms with Gasteiger partial charge in [-0.15, -0.1) is 0 Å². The first-order valence-corrected chi connectivity index (χ1v) is 6.66. The lowest BCUT2D eigenvalue weighted by Gasteiger charge is -2.10. The first kappa shape index (κ1) is 17.0. The largest absolute Gasteiger partial charge is 0.504 e. The zero-order chi connectivity index (χ0) is 15.8. The van der Waals surface area contributed by atoms with Crippen LogP contribution in [-0.2, 0) is 20.7 Å². The average molecular weight is 296 g/mol. The van der Waals surface area contributed by atoms with E-state index in [0.29, 0.717) is 17.7 Å². The molecule has 0 heterocycles. The summed E-state index contributed by atoms with van der Waals surface area (Å²) in [6.45, 7) is 1.65. The van der Waals surface area contributed by atoms with E-state index in [0.717, 1.165) is 0 Å². The van der Waals surface area contributed by atoms with E-state index in [-0.39, 0.29) is 31.2 Å². The number of aromatic hydroxyl groups is 1. The Bertz CT molecular complexity index is 497. The molecule has 0 aromatic heterocycles. The van der Waals surface area contributed by atoms with Gasteiger partial charge in [0.1, 0.15) is 6.61 Å². The highest BCUT2D eigenvalue weighted by Gasteiger charge is 2.16. The summed E-state index contributed by atoms with van der Waals surface area (Å²) in [5, 5.41) is 18.3. The van der Waals surface area contributed by atoms with Crippen LogP contribution < -0.4 is 4.74 Å². The van der Waals surface area contributed by atoms with Crippen LogP contribution in [0.1, 0.15) is 18.9 Å². The van der Waals surface area contributed by atoms with Gasteiger partial charge in [0.15, 0.2) is 17.3 Å². The van der Waals surface area contributed by atoms with Gasteiger partial charge in [0.2, 0.25) is 0 Å². The molecule has 21 heavy (non-hydrogen) atoms. The van der Waals surface area contributed by atoms with E-state index < -0.39 is 11.9 Å². The fourth-order valence-corrected chi connectivity index (χ4v) is 1.79. The molecule has 1 rings (SSSR count). The van der Waals surface area contributed by atoms with Crippen LogP contribution in [0.15, 0.2) is 18.2 Å². The van der Waals surface area contributed by atoms with Gasteiger partial charge in [-0.25, -0.2) is 0 Å². The number of benzene rings is 1. The number of carboxylic acid groups (broad SMARTS) is 1. The number of aliphatic carboxylic acids is 1. The number of carbonyl (C=O) groups excluding carboxylic acids is 1. The second-order valence-corrected chi connectivity index (χ2v) is 4.68. The van der Waals surface area contributed by atoms with Crippen molar-refractivity contribution in [1.29, 1.82) is 0 Å². The minimum absolute atomic E-state index is 0.0113. The average Bonchev–Trinajstić information content (AvgIpc) is 2.45. The molecule has 0 saturated carbocycles. The maximum atomic E-state index is 11.8. The fourth-order valence-electron chi connectivity index (χ4n) is 1.79. The monoisotopic (exact) mass is 296 g/mol. The third-order valence-corrected chi connectivity index (χ3v) is 3.07. The van der Waals surface area contributed by atoms with Gasteiger partial charge in [-0.2, -0.15) is 0 Å². The van der Waals surface area contributed by atoms with Crippen molar-refractivity contribution in [3.63, 3.8) is 0 Å². The molecule has 0 radical (unpaired) electrons. The molecule has 0 fully saturated rings. The van der Waals surface area contributed by atoms with Crippen molar-refractivity contribution < 1.29 is 29.3 Å². The lowest BCUT2D eigenvalue weighted by atomic mass is 10.1. The van der Waals surface area contributed by atoms with Gasteiger partial charge in [0.05, 0.1) is 19.6 Å². The lowest BCUT2D eigenvalue weighted by molar-refractivity contribution is -0.145. The van der Waals surface area contributed by atoms with Crippen molar-refractivity contribution in [2.45, 2.75) is 19.8 Å². The number of rotatable bonds is 9. The molecule has 1 unspecified atom stereocenters. The van der Waals surface area contributed by atoms with E-state index in [2.05, 4.69) is 0 Å². The number of hydrogen-bond acceptors (Lipinski definition) is 5. The van der Waals surface area contributed by atoms with E-state index >= 15 is 0 Å². The zero-order valence-electron chi connectivity index (χ0n) is 12.2. The van der Waals surface area contributed by atoms with Crippen LogP contribution >= 0.6 is 0 Å². The predicted octanol–water partition coefficient (Wildman–Crippen LogP) is 1.64. The highest BCUT2D eigenvalue weighted by molar-refractivity contribution is 5.82. The summed E-state index contributed by atoms with van der Waals surface area (Å²) in [5.41, 5.74) is 0.698. The number of ether oxygens (including phenoxy) is 2. The minimum Gasteiger partial charge on any atom is -0.504 e. The van der Waals surface area contributed by atoms with Gasteiger partial charge in [-0.1, -0.05) is 13.0 Å². The van der Waals surface area contributed by atoms with Crippen molar-refractivity contribution in [1.82, 2.24) is 0 Å². The first-order chi connectivity index (χ1) is 9.97. The molecule has 2 N–H and O–H groups in total. The topological polar surface area (TPSA) is 93.1 Å². The van der Waals surface area contributed by atoms with Gasteiger partial charge in [0, 0.05) is 6.42 Å². The maximum Gasteiger partial charge on any atom is 0.308 e. The van der Waals surface area contributed by atoms with Crippen molar-refractivity contribution in [2.75, 3.05) is 20.3 Å². The second-order valence-electron chi connectivity index (χ2n) is 4.68. The number of carbonyl (C=O) groups is 2. The molecular formula is C15H20O6. The van der Waals surface area contributed by atoms with E-state index in [4.69, 9.17) is 14.6 Å². The van der Waals surface area contributed by atoms with Crippen molar-refractivity contribution in [3.8, 4) is 11.5 Å². The van der Waals surface area contributed by atoms with E-state index in [9.17, 15) is 14.7 Å². The van der Waals surface area contributed by atoms with Gasteiger partial charge < -0.3 is 19.7 Å². The quantitative estimate of drug-likeness (QED) is 0.719. The normalized spacial score (nSPS) is 11.9. The Morgan fingerprint density at radius 1 is 1.33 bits per heavy atom. The van der Waals surface area contributed by atoms with Crippen molar-refractivity contribution >= 4 is 11.8 Å². The van der Waals surface area contributed by atoms with E-state index in [1.165, 1.54) is 13.2 Å². The molecule has 116 valence electrons. The Morgan fingerprint density at radius 3 is 2.62 bits per heavy atom. The number of phenolic OH excluding ortho intramolecular Hbond substituents is 1. The fraction of sp³-hybridized carbons (Fsp3) is 0.467. The summed E-state index contributed by atoms with van der Waals surface area (Å²) >= 11 is 0. The third kappa shape index (κ3) is 5.43. The number of Topliss-reactive ketones (excluding diaryl/α,β-unsaturated/α-hetero) is 1. The molecule has 6 nitrogen and oxygen atoms in total. The van der Waals surface area contributed by atoms with Crippen LogP contribution in [0, 0.1) is 5.92 Å².